The van der Waals surface area contributed by atoms with Crippen LogP contribution in [0.25, 0.3) is 10.2 Å². The number of ether oxygens (including phenoxy) is 1. The van der Waals surface area contributed by atoms with E-state index in [2.05, 4.69) is 10.3 Å². The summed E-state index contributed by atoms with van der Waals surface area (Å²) >= 11 is 2.91. The molecule has 1 aliphatic heterocycles. The number of carbonyl (C=O) groups is 1. The van der Waals surface area contributed by atoms with Gasteiger partial charge >= 0.3 is 0 Å². The van der Waals surface area contributed by atoms with Crippen LogP contribution in [0.5, 0.6) is 5.75 Å². The molecule has 1 saturated heterocycles. The van der Waals surface area contributed by atoms with E-state index in [4.69, 9.17) is 4.74 Å². The number of carbonyl (C=O) groups excluding carboxylic acids is 1. The predicted octanol–water partition coefficient (Wildman–Crippen LogP) is 4.60. The molecule has 3 aromatic rings. The van der Waals surface area contributed by atoms with E-state index in [0.29, 0.717) is 31.1 Å². The molecule has 0 bridgehead atoms. The highest BCUT2D eigenvalue weighted by molar-refractivity contribution is 8.01. The Hall–Kier alpha value is -2.14. The molecule has 4 rings (SSSR count). The molecule has 0 radical (unpaired) electrons. The SMILES string of the molecule is CCOc1ccc(NC(=O)CSc2nc3ccccc3s2)cc1S(=O)(=O)N1CCCCC1. The molecule has 32 heavy (non-hydrogen) atoms. The Balaban J connectivity index is 1.48. The quantitative estimate of drug-likeness (QED) is 0.463. The second kappa shape index (κ2) is 10.2. The lowest BCUT2D eigenvalue weighted by Gasteiger charge is -2.27. The van der Waals surface area contributed by atoms with Gasteiger partial charge in [-0.15, -0.1) is 11.3 Å². The van der Waals surface area contributed by atoms with Gasteiger partial charge in [0, 0.05) is 18.8 Å². The summed E-state index contributed by atoms with van der Waals surface area (Å²) in [5.41, 5.74) is 1.35. The van der Waals surface area contributed by atoms with Crippen molar-refractivity contribution in [2.75, 3.05) is 30.8 Å². The fraction of sp³-hybridized carbons (Fsp3) is 0.364. The van der Waals surface area contributed by atoms with Crippen LogP contribution in [0.2, 0.25) is 0 Å². The van der Waals surface area contributed by atoms with Gasteiger partial charge in [-0.05, 0) is 50.1 Å². The Morgan fingerprint density at radius 2 is 1.97 bits per heavy atom. The summed E-state index contributed by atoms with van der Waals surface area (Å²) in [6.07, 6.45) is 2.73. The molecule has 1 N–H and O–H groups in total. The standard InChI is InChI=1S/C22H25N3O4S3/c1-2-29-18-11-10-16(14-20(18)32(27,28)25-12-6-3-7-13-25)23-21(26)15-30-22-24-17-8-4-5-9-19(17)31-22/h4-5,8-11,14H,2-3,6-7,12-13,15H2,1H3,(H,23,26). The Bertz CT molecular complexity index is 1170. The summed E-state index contributed by atoms with van der Waals surface area (Å²) < 4.78 is 35.5. The van der Waals surface area contributed by atoms with Gasteiger partial charge in [-0.1, -0.05) is 30.3 Å². The first-order chi connectivity index (χ1) is 15.5. The summed E-state index contributed by atoms with van der Waals surface area (Å²) in [5.74, 6) is 0.265. The number of sulfonamides is 1. The van der Waals surface area contributed by atoms with Crippen molar-refractivity contribution in [1.29, 1.82) is 0 Å². The average Bonchev–Trinajstić information content (AvgIpc) is 3.22. The molecule has 2 aromatic carbocycles. The third kappa shape index (κ3) is 5.25. The predicted molar refractivity (Wildman–Crippen MR) is 129 cm³/mol. The molecular weight excluding hydrogens is 466 g/mol. The number of nitrogens with one attached hydrogen (secondary N) is 1. The second-order valence-corrected chi connectivity index (χ2v) is 11.5. The van der Waals surface area contributed by atoms with Crippen LogP contribution in [-0.4, -0.2) is 49.1 Å². The maximum Gasteiger partial charge on any atom is 0.246 e. The number of para-hydroxylation sites is 1. The number of benzene rings is 2. The zero-order chi connectivity index (χ0) is 22.6. The molecule has 0 aliphatic carbocycles. The van der Waals surface area contributed by atoms with Gasteiger partial charge in [0.25, 0.3) is 0 Å². The Kier molecular flexibility index (Phi) is 7.34. The minimum atomic E-state index is -3.70. The largest absolute Gasteiger partial charge is 0.492 e. The van der Waals surface area contributed by atoms with E-state index in [1.165, 1.54) is 22.1 Å². The lowest BCUT2D eigenvalue weighted by molar-refractivity contribution is -0.113. The number of thiazole rings is 1. The molecule has 1 aromatic heterocycles. The van der Waals surface area contributed by atoms with E-state index in [0.717, 1.165) is 33.8 Å². The van der Waals surface area contributed by atoms with Crippen molar-refractivity contribution in [3.05, 3.63) is 42.5 Å². The van der Waals surface area contributed by atoms with Crippen LogP contribution in [0.4, 0.5) is 5.69 Å². The van der Waals surface area contributed by atoms with Gasteiger partial charge in [-0.3, -0.25) is 4.79 Å². The van der Waals surface area contributed by atoms with E-state index >= 15 is 0 Å². The maximum absolute atomic E-state index is 13.2. The van der Waals surface area contributed by atoms with Crippen molar-refractivity contribution in [3.8, 4) is 5.75 Å². The summed E-state index contributed by atoms with van der Waals surface area (Å²) in [5, 5.41) is 2.81. The number of anilines is 1. The zero-order valence-corrected chi connectivity index (χ0v) is 20.2. The minimum absolute atomic E-state index is 0.0953. The topological polar surface area (TPSA) is 88.6 Å². The molecule has 10 heteroatoms. The molecule has 2 heterocycles. The van der Waals surface area contributed by atoms with Crippen molar-refractivity contribution >= 4 is 54.9 Å². The average molecular weight is 492 g/mol. The Morgan fingerprint density at radius 3 is 2.72 bits per heavy atom. The van der Waals surface area contributed by atoms with Crippen molar-refractivity contribution in [2.24, 2.45) is 0 Å². The van der Waals surface area contributed by atoms with Gasteiger partial charge in [0.05, 0.1) is 22.6 Å². The molecule has 0 unspecified atom stereocenters. The van der Waals surface area contributed by atoms with Crippen molar-refractivity contribution in [2.45, 2.75) is 35.4 Å². The Labute approximate surface area is 196 Å². The molecule has 170 valence electrons. The number of piperidine rings is 1. The number of aromatic nitrogens is 1. The maximum atomic E-state index is 13.2. The molecule has 1 amide bonds. The summed E-state index contributed by atoms with van der Waals surface area (Å²) in [4.78, 5) is 17.1. The zero-order valence-electron chi connectivity index (χ0n) is 17.7. The smallest absolute Gasteiger partial charge is 0.246 e. The molecule has 7 nitrogen and oxygen atoms in total. The van der Waals surface area contributed by atoms with Gasteiger partial charge in [0.2, 0.25) is 15.9 Å². The van der Waals surface area contributed by atoms with Gasteiger partial charge in [-0.25, -0.2) is 13.4 Å². The fourth-order valence-electron chi connectivity index (χ4n) is 3.54. The number of amides is 1. The lowest BCUT2D eigenvalue weighted by Crippen LogP contribution is -2.35. The van der Waals surface area contributed by atoms with Crippen LogP contribution in [0.1, 0.15) is 26.2 Å². The monoisotopic (exact) mass is 491 g/mol. The summed E-state index contributed by atoms with van der Waals surface area (Å²) in [7, 11) is -3.70. The highest BCUT2D eigenvalue weighted by atomic mass is 32.2. The molecule has 0 saturated carbocycles. The minimum Gasteiger partial charge on any atom is -0.492 e. The van der Waals surface area contributed by atoms with Crippen LogP contribution in [0.3, 0.4) is 0 Å². The number of hydrogen-bond acceptors (Lipinski definition) is 7. The molecule has 1 fully saturated rings. The number of rotatable bonds is 8. The van der Waals surface area contributed by atoms with Gasteiger partial charge in [-0.2, -0.15) is 4.31 Å². The van der Waals surface area contributed by atoms with Crippen molar-refractivity contribution in [1.82, 2.24) is 9.29 Å². The fourth-order valence-corrected chi connectivity index (χ4v) is 7.09. The van der Waals surface area contributed by atoms with Gasteiger partial charge < -0.3 is 10.1 Å². The first-order valence-corrected chi connectivity index (χ1v) is 13.8. The number of hydrogen-bond donors (Lipinski definition) is 1. The van der Waals surface area contributed by atoms with Crippen LogP contribution < -0.4 is 10.1 Å². The Morgan fingerprint density at radius 1 is 1.19 bits per heavy atom. The van der Waals surface area contributed by atoms with E-state index in [-0.39, 0.29) is 16.6 Å². The highest BCUT2D eigenvalue weighted by Gasteiger charge is 2.29. The van der Waals surface area contributed by atoms with Crippen molar-refractivity contribution in [3.63, 3.8) is 0 Å². The number of thioether (sulfide) groups is 1. The van der Waals surface area contributed by atoms with Crippen LogP contribution in [0, 0.1) is 0 Å². The second-order valence-electron chi connectivity index (χ2n) is 7.34. The lowest BCUT2D eigenvalue weighted by atomic mass is 10.2. The normalized spacial score (nSPS) is 15.0. The summed E-state index contributed by atoms with van der Waals surface area (Å²) in [6, 6.07) is 12.6. The third-order valence-electron chi connectivity index (χ3n) is 5.06. The first kappa shape index (κ1) is 23.0. The van der Waals surface area contributed by atoms with Crippen molar-refractivity contribution < 1.29 is 17.9 Å². The first-order valence-electron chi connectivity index (χ1n) is 10.5. The van der Waals surface area contributed by atoms with Gasteiger partial charge in [0.1, 0.15) is 10.6 Å². The van der Waals surface area contributed by atoms with E-state index in [1.807, 2.05) is 31.2 Å². The highest BCUT2D eigenvalue weighted by Crippen LogP contribution is 2.32. The van der Waals surface area contributed by atoms with Crippen LogP contribution in [-0.2, 0) is 14.8 Å². The van der Waals surface area contributed by atoms with E-state index in [1.54, 1.807) is 23.5 Å². The van der Waals surface area contributed by atoms with Gasteiger partial charge in [0.15, 0.2) is 4.34 Å². The summed E-state index contributed by atoms with van der Waals surface area (Å²) in [6.45, 7) is 3.17. The molecule has 0 atom stereocenters. The number of nitrogens with zero attached hydrogens (tertiary/aromatic N) is 2. The molecular formula is C22H25N3O4S3. The third-order valence-corrected chi connectivity index (χ3v) is 9.16. The van der Waals surface area contributed by atoms with E-state index < -0.39 is 10.0 Å². The van der Waals surface area contributed by atoms with Crippen LogP contribution >= 0.6 is 23.1 Å². The molecule has 0 spiro atoms. The molecule has 1 aliphatic rings. The van der Waals surface area contributed by atoms with E-state index in [9.17, 15) is 13.2 Å². The van der Waals surface area contributed by atoms with Crippen LogP contribution in [0.15, 0.2) is 51.7 Å². The number of fused-ring (bicyclic) bond motifs is 1.